The van der Waals surface area contributed by atoms with Crippen LogP contribution in [0.15, 0.2) is 36.9 Å². The molecule has 0 aromatic heterocycles. The molecule has 1 aromatic carbocycles. The summed E-state index contributed by atoms with van der Waals surface area (Å²) in [6.07, 6.45) is 2.63. The number of halogens is 1. The van der Waals surface area contributed by atoms with E-state index in [0.29, 0.717) is 0 Å². The summed E-state index contributed by atoms with van der Waals surface area (Å²) in [7, 11) is 1.68. The van der Waals surface area contributed by atoms with Gasteiger partial charge in [0.25, 0.3) is 0 Å². The summed E-state index contributed by atoms with van der Waals surface area (Å²) in [5, 5.41) is 0.746. The molecule has 0 aliphatic carbocycles. The van der Waals surface area contributed by atoms with Crippen molar-refractivity contribution in [3.05, 3.63) is 47.5 Å². The third-order valence-electron chi connectivity index (χ3n) is 1.92. The van der Waals surface area contributed by atoms with Gasteiger partial charge >= 0.3 is 0 Å². The zero-order valence-corrected chi connectivity index (χ0v) is 8.42. The SMILES string of the molecule is C=CC[C@@H](OC)c1ccccc1Cl. The monoisotopic (exact) mass is 196 g/mol. The van der Waals surface area contributed by atoms with Crippen molar-refractivity contribution in [1.29, 1.82) is 0 Å². The van der Waals surface area contributed by atoms with Gasteiger partial charge in [-0.05, 0) is 18.1 Å². The number of methoxy groups -OCH3 is 1. The maximum Gasteiger partial charge on any atom is 0.0869 e. The van der Waals surface area contributed by atoms with Crippen LogP contribution in [0.3, 0.4) is 0 Å². The van der Waals surface area contributed by atoms with Gasteiger partial charge in [-0.1, -0.05) is 35.9 Å². The minimum absolute atomic E-state index is 0.0196. The number of hydrogen-bond donors (Lipinski definition) is 0. The molecule has 0 heterocycles. The molecule has 1 aromatic rings. The lowest BCUT2D eigenvalue weighted by Crippen LogP contribution is -2.00. The highest BCUT2D eigenvalue weighted by atomic mass is 35.5. The van der Waals surface area contributed by atoms with E-state index in [9.17, 15) is 0 Å². The van der Waals surface area contributed by atoms with E-state index in [2.05, 4.69) is 6.58 Å². The maximum absolute atomic E-state index is 6.02. The van der Waals surface area contributed by atoms with E-state index in [1.807, 2.05) is 30.3 Å². The van der Waals surface area contributed by atoms with Gasteiger partial charge in [-0.3, -0.25) is 0 Å². The van der Waals surface area contributed by atoms with Gasteiger partial charge < -0.3 is 4.74 Å². The smallest absolute Gasteiger partial charge is 0.0869 e. The molecule has 0 amide bonds. The van der Waals surface area contributed by atoms with Gasteiger partial charge in [-0.25, -0.2) is 0 Å². The Morgan fingerprint density at radius 1 is 1.54 bits per heavy atom. The van der Waals surface area contributed by atoms with Crippen LogP contribution in [0.5, 0.6) is 0 Å². The molecule has 0 radical (unpaired) electrons. The molecular formula is C11H13ClO. The minimum Gasteiger partial charge on any atom is -0.376 e. The van der Waals surface area contributed by atoms with E-state index in [4.69, 9.17) is 16.3 Å². The Labute approximate surface area is 84.0 Å². The Balaban J connectivity index is 2.90. The second-order valence-electron chi connectivity index (χ2n) is 2.77. The first-order valence-electron chi connectivity index (χ1n) is 4.17. The second kappa shape index (κ2) is 5.05. The number of rotatable bonds is 4. The van der Waals surface area contributed by atoms with Crippen LogP contribution < -0.4 is 0 Å². The molecule has 0 N–H and O–H groups in total. The number of hydrogen-bond acceptors (Lipinski definition) is 1. The largest absolute Gasteiger partial charge is 0.376 e. The standard InChI is InChI=1S/C11H13ClO/c1-3-6-11(13-2)9-7-4-5-8-10(9)12/h3-5,7-8,11H,1,6H2,2H3/t11-/m1/s1. The second-order valence-corrected chi connectivity index (χ2v) is 3.18. The first-order chi connectivity index (χ1) is 6.29. The van der Waals surface area contributed by atoms with Crippen molar-refractivity contribution in [3.63, 3.8) is 0 Å². The fraction of sp³-hybridized carbons (Fsp3) is 0.273. The van der Waals surface area contributed by atoms with E-state index in [-0.39, 0.29) is 6.10 Å². The van der Waals surface area contributed by atoms with Crippen LogP contribution in [-0.2, 0) is 4.74 Å². The van der Waals surface area contributed by atoms with Gasteiger partial charge in [0.1, 0.15) is 0 Å². The average molecular weight is 197 g/mol. The highest BCUT2D eigenvalue weighted by molar-refractivity contribution is 6.31. The van der Waals surface area contributed by atoms with Crippen LogP contribution in [-0.4, -0.2) is 7.11 Å². The van der Waals surface area contributed by atoms with Crippen molar-refractivity contribution in [2.24, 2.45) is 0 Å². The van der Waals surface area contributed by atoms with Gasteiger partial charge in [-0.2, -0.15) is 0 Å². The fourth-order valence-electron chi connectivity index (χ4n) is 1.24. The highest BCUT2D eigenvalue weighted by Crippen LogP contribution is 2.27. The normalized spacial score (nSPS) is 12.5. The fourth-order valence-corrected chi connectivity index (χ4v) is 1.50. The third kappa shape index (κ3) is 2.58. The Bertz CT molecular complexity index is 283. The Morgan fingerprint density at radius 3 is 2.77 bits per heavy atom. The molecule has 0 bridgehead atoms. The lowest BCUT2D eigenvalue weighted by molar-refractivity contribution is 0.106. The lowest BCUT2D eigenvalue weighted by atomic mass is 10.1. The number of benzene rings is 1. The average Bonchev–Trinajstić information content (AvgIpc) is 2.16. The molecular weight excluding hydrogens is 184 g/mol. The van der Waals surface area contributed by atoms with Crippen LogP contribution in [0.4, 0.5) is 0 Å². The molecule has 0 aliphatic rings. The first-order valence-corrected chi connectivity index (χ1v) is 4.55. The van der Waals surface area contributed by atoms with Crippen molar-refractivity contribution in [3.8, 4) is 0 Å². The molecule has 0 aliphatic heterocycles. The highest BCUT2D eigenvalue weighted by Gasteiger charge is 2.10. The van der Waals surface area contributed by atoms with E-state index in [1.165, 1.54) is 0 Å². The van der Waals surface area contributed by atoms with E-state index in [0.717, 1.165) is 17.0 Å². The summed E-state index contributed by atoms with van der Waals surface area (Å²) in [4.78, 5) is 0. The first kappa shape index (κ1) is 10.3. The molecule has 0 spiro atoms. The van der Waals surface area contributed by atoms with Crippen LogP contribution in [0.1, 0.15) is 18.1 Å². The predicted octanol–water partition coefficient (Wildman–Crippen LogP) is 3.60. The molecule has 0 fully saturated rings. The zero-order chi connectivity index (χ0) is 9.68. The zero-order valence-electron chi connectivity index (χ0n) is 7.66. The summed E-state index contributed by atoms with van der Waals surface area (Å²) in [5.41, 5.74) is 1.02. The quantitative estimate of drug-likeness (QED) is 0.669. The molecule has 2 heteroatoms. The summed E-state index contributed by atoms with van der Waals surface area (Å²) in [6, 6.07) is 7.70. The van der Waals surface area contributed by atoms with Gasteiger partial charge in [0, 0.05) is 12.1 Å². The van der Waals surface area contributed by atoms with E-state index >= 15 is 0 Å². The van der Waals surface area contributed by atoms with Crippen LogP contribution in [0, 0.1) is 0 Å². The molecule has 0 saturated heterocycles. The third-order valence-corrected chi connectivity index (χ3v) is 2.26. The molecule has 1 atom stereocenters. The molecule has 0 saturated carbocycles. The van der Waals surface area contributed by atoms with Crippen molar-refractivity contribution in [1.82, 2.24) is 0 Å². The molecule has 1 rings (SSSR count). The van der Waals surface area contributed by atoms with Crippen LogP contribution in [0.2, 0.25) is 5.02 Å². The van der Waals surface area contributed by atoms with Gasteiger partial charge in [-0.15, -0.1) is 6.58 Å². The summed E-state index contributed by atoms with van der Waals surface area (Å²) in [6.45, 7) is 3.68. The van der Waals surface area contributed by atoms with Crippen molar-refractivity contribution < 1.29 is 4.74 Å². The lowest BCUT2D eigenvalue weighted by Gasteiger charge is -2.14. The molecule has 70 valence electrons. The Hall–Kier alpha value is -0.790. The predicted molar refractivity (Wildman–Crippen MR) is 56.0 cm³/mol. The minimum atomic E-state index is 0.0196. The number of ether oxygens (including phenoxy) is 1. The van der Waals surface area contributed by atoms with Crippen molar-refractivity contribution >= 4 is 11.6 Å². The summed E-state index contributed by atoms with van der Waals surface area (Å²) >= 11 is 6.02. The van der Waals surface area contributed by atoms with E-state index < -0.39 is 0 Å². The van der Waals surface area contributed by atoms with Gasteiger partial charge in [0.05, 0.1) is 6.10 Å². The molecule has 0 unspecified atom stereocenters. The summed E-state index contributed by atoms with van der Waals surface area (Å²) in [5.74, 6) is 0. The molecule has 1 nitrogen and oxygen atoms in total. The van der Waals surface area contributed by atoms with Crippen LogP contribution in [0.25, 0.3) is 0 Å². The van der Waals surface area contributed by atoms with E-state index in [1.54, 1.807) is 7.11 Å². The van der Waals surface area contributed by atoms with Gasteiger partial charge in [0.15, 0.2) is 0 Å². The summed E-state index contributed by atoms with van der Waals surface area (Å²) < 4.78 is 5.30. The van der Waals surface area contributed by atoms with Crippen LogP contribution >= 0.6 is 11.6 Å². The Morgan fingerprint density at radius 2 is 2.23 bits per heavy atom. The topological polar surface area (TPSA) is 9.23 Å². The van der Waals surface area contributed by atoms with Gasteiger partial charge in [0.2, 0.25) is 0 Å². The van der Waals surface area contributed by atoms with Crippen molar-refractivity contribution in [2.45, 2.75) is 12.5 Å². The Kier molecular flexibility index (Phi) is 4.00. The maximum atomic E-state index is 6.02. The van der Waals surface area contributed by atoms with Crippen molar-refractivity contribution in [2.75, 3.05) is 7.11 Å². The molecule has 13 heavy (non-hydrogen) atoms.